The van der Waals surface area contributed by atoms with Gasteiger partial charge in [-0.2, -0.15) is 0 Å². The van der Waals surface area contributed by atoms with Gasteiger partial charge in [-0.3, -0.25) is 0 Å². The summed E-state index contributed by atoms with van der Waals surface area (Å²) in [7, 11) is -1.34. The van der Waals surface area contributed by atoms with E-state index < -0.39 is 10.0 Å². The van der Waals surface area contributed by atoms with Gasteiger partial charge in [0, 0.05) is 16.5 Å². The maximum atomic E-state index is 13.0. The van der Waals surface area contributed by atoms with E-state index in [9.17, 15) is 8.42 Å². The smallest absolute Gasteiger partial charge is 0.242 e. The molecule has 242 valence electrons. The minimum Gasteiger partial charge on any atom is -0.421 e. The lowest BCUT2D eigenvalue weighted by Crippen LogP contribution is -2.29. The van der Waals surface area contributed by atoms with E-state index in [1.165, 1.54) is 16.0 Å². The van der Waals surface area contributed by atoms with Crippen LogP contribution in [0.1, 0.15) is 86.1 Å². The third-order valence-corrected chi connectivity index (χ3v) is 8.63. The van der Waals surface area contributed by atoms with Gasteiger partial charge in [0.1, 0.15) is 12.5 Å². The Hall–Kier alpha value is -2.81. The zero-order valence-electron chi connectivity index (χ0n) is 28.0. The van der Waals surface area contributed by atoms with Gasteiger partial charge in [0.05, 0.1) is 23.3 Å². The Morgan fingerprint density at radius 3 is 2.09 bits per heavy atom. The molecule has 1 aliphatic rings. The van der Waals surface area contributed by atoms with E-state index in [2.05, 4.69) is 30.7 Å². The lowest BCUT2D eigenvalue weighted by atomic mass is 9.89. The summed E-state index contributed by atoms with van der Waals surface area (Å²) in [6.07, 6.45) is 20.0. The number of piperidine rings is 1. The van der Waals surface area contributed by atoms with Gasteiger partial charge in [-0.15, -0.1) is 0 Å². The summed E-state index contributed by atoms with van der Waals surface area (Å²) in [5.41, 5.74) is 1.83. The Morgan fingerprint density at radius 1 is 1.00 bits per heavy atom. The van der Waals surface area contributed by atoms with Crippen molar-refractivity contribution in [2.24, 2.45) is 0 Å². The summed E-state index contributed by atoms with van der Waals surface area (Å²) in [6.45, 7) is 23.3. The molecule has 1 fully saturated rings. The molecule has 1 aromatic carbocycles. The van der Waals surface area contributed by atoms with Crippen molar-refractivity contribution in [3.8, 4) is 5.75 Å². The number of aromatic nitrogens is 1. The van der Waals surface area contributed by atoms with Gasteiger partial charge in [0.15, 0.2) is 0 Å². The van der Waals surface area contributed by atoms with Crippen LogP contribution in [0.4, 0.5) is 0 Å². The maximum absolute atomic E-state index is 13.0. The van der Waals surface area contributed by atoms with Gasteiger partial charge in [0.25, 0.3) is 0 Å². The molecular formula is C35H56N2O4S2. The molecule has 1 aliphatic heterocycles. The van der Waals surface area contributed by atoms with Crippen LogP contribution < -0.4 is 4.18 Å². The van der Waals surface area contributed by atoms with Gasteiger partial charge < -0.3 is 13.9 Å². The molecule has 1 saturated heterocycles. The Kier molecular flexibility index (Phi) is 25.3. The highest BCUT2D eigenvalue weighted by Crippen LogP contribution is 2.37. The van der Waals surface area contributed by atoms with Crippen LogP contribution in [-0.2, 0) is 14.8 Å². The Labute approximate surface area is 267 Å². The molecule has 2 aromatic rings. The fourth-order valence-corrected chi connectivity index (χ4v) is 6.00. The number of nitrogens with zero attached hydrogens (tertiary/aromatic N) is 2. The predicted molar refractivity (Wildman–Crippen MR) is 192 cm³/mol. The number of hydrogen-bond donors (Lipinski definition) is 0. The van der Waals surface area contributed by atoms with Crippen molar-refractivity contribution in [2.45, 2.75) is 80.6 Å². The van der Waals surface area contributed by atoms with E-state index in [0.717, 1.165) is 59.5 Å². The molecular weight excluding hydrogens is 577 g/mol. The van der Waals surface area contributed by atoms with Crippen LogP contribution in [0.25, 0.3) is 10.9 Å². The zero-order valence-corrected chi connectivity index (χ0v) is 29.6. The van der Waals surface area contributed by atoms with E-state index in [4.69, 9.17) is 8.98 Å². The van der Waals surface area contributed by atoms with Crippen molar-refractivity contribution in [1.29, 1.82) is 0 Å². The van der Waals surface area contributed by atoms with Crippen molar-refractivity contribution in [3.05, 3.63) is 90.1 Å². The first kappa shape index (κ1) is 42.3. The summed E-state index contributed by atoms with van der Waals surface area (Å²) in [4.78, 5) is 11.5. The number of rotatable bonds is 10. The maximum Gasteiger partial charge on any atom is 0.242 e. The van der Waals surface area contributed by atoms with E-state index in [-0.39, 0.29) is 5.75 Å². The predicted octanol–water partition coefficient (Wildman–Crippen LogP) is 9.72. The van der Waals surface area contributed by atoms with Crippen molar-refractivity contribution in [2.75, 3.05) is 25.9 Å². The minimum absolute atomic E-state index is 0.0101. The third kappa shape index (κ3) is 15.0. The summed E-state index contributed by atoms with van der Waals surface area (Å²) in [6, 6.07) is 5.73. The van der Waals surface area contributed by atoms with Crippen LogP contribution in [0.2, 0.25) is 0 Å². The lowest BCUT2D eigenvalue weighted by molar-refractivity contribution is -0.0980. The number of carbonyl (C=O) groups is 1. The Balaban J connectivity index is 0. The SMILES string of the molecule is C/C=C\C/C(=C\C)SOc1ccc2c(c1)c(C1CCN(C)CC1)cn2S(=O)(=O)C/C=C/C.C=C/C=C\C.C=O.CC.CC. The van der Waals surface area contributed by atoms with Crippen LogP contribution >= 0.6 is 12.0 Å². The Bertz CT molecular complexity index is 1250. The summed E-state index contributed by atoms with van der Waals surface area (Å²) in [5.74, 6) is 1.07. The van der Waals surface area contributed by atoms with Crippen LogP contribution in [0, 0.1) is 0 Å². The molecule has 8 heteroatoms. The highest BCUT2D eigenvalue weighted by atomic mass is 32.2. The second-order valence-electron chi connectivity index (χ2n) is 8.94. The standard InChI is InChI=1S/C25H34N2O3S2.C5H8.2C2H6.CH2O/c1-5-8-10-22(7-3)31-30-21-11-12-25-23(18-21)24(20-13-15-26(4)16-14-20)19-27(25)32(28,29)17-9-6-2;1-3-5-4-2;3*1-2/h5-9,11-12,18-20H,10,13-17H2,1-4H3;3-5H,1H2,2H3;2*1-2H3;1H2/b8-5-,9-6+,22-7+;5-4-;;;. The van der Waals surface area contributed by atoms with E-state index in [1.807, 2.05) is 105 Å². The molecule has 2 heterocycles. The number of allylic oxidation sites excluding steroid dienone is 8. The van der Waals surface area contributed by atoms with Gasteiger partial charge in [0.2, 0.25) is 10.0 Å². The molecule has 1 aromatic heterocycles. The number of likely N-dealkylation sites (tertiary alicyclic amines) is 1. The lowest BCUT2D eigenvalue weighted by Gasteiger charge is -2.28. The molecule has 0 unspecified atom stereocenters. The van der Waals surface area contributed by atoms with Crippen molar-refractivity contribution >= 4 is 39.8 Å². The van der Waals surface area contributed by atoms with Gasteiger partial charge >= 0.3 is 0 Å². The summed E-state index contributed by atoms with van der Waals surface area (Å²) >= 11 is 1.36. The van der Waals surface area contributed by atoms with Gasteiger partial charge in [-0.1, -0.05) is 82.9 Å². The van der Waals surface area contributed by atoms with Gasteiger partial charge in [-0.05, 0) is 96.8 Å². The molecule has 0 spiro atoms. The molecule has 0 amide bonds. The minimum atomic E-state index is -3.47. The fraction of sp³-hybridized carbons (Fsp3) is 0.457. The summed E-state index contributed by atoms with van der Waals surface area (Å²) in [5, 5.41) is 0.970. The molecule has 0 atom stereocenters. The second-order valence-corrected chi connectivity index (χ2v) is 11.7. The molecule has 0 aliphatic carbocycles. The average molecular weight is 633 g/mol. The quantitative estimate of drug-likeness (QED) is 0.148. The van der Waals surface area contributed by atoms with Crippen LogP contribution in [0.5, 0.6) is 5.75 Å². The monoisotopic (exact) mass is 632 g/mol. The fourth-order valence-electron chi connectivity index (χ4n) is 4.10. The van der Waals surface area contributed by atoms with Crippen molar-refractivity contribution in [1.82, 2.24) is 8.87 Å². The highest BCUT2D eigenvalue weighted by Gasteiger charge is 2.25. The molecule has 0 saturated carbocycles. The van der Waals surface area contributed by atoms with Crippen molar-refractivity contribution in [3.63, 3.8) is 0 Å². The highest BCUT2D eigenvalue weighted by molar-refractivity contribution is 7.98. The van der Waals surface area contributed by atoms with E-state index in [1.54, 1.807) is 18.2 Å². The molecule has 3 rings (SSSR count). The normalized spacial score (nSPS) is 14.2. The summed E-state index contributed by atoms with van der Waals surface area (Å²) < 4.78 is 33.6. The third-order valence-electron chi connectivity index (χ3n) is 6.22. The molecule has 6 nitrogen and oxygen atoms in total. The topological polar surface area (TPSA) is 68.6 Å². The molecule has 0 radical (unpaired) electrons. The molecule has 0 bridgehead atoms. The largest absolute Gasteiger partial charge is 0.421 e. The first-order valence-corrected chi connectivity index (χ1v) is 17.5. The van der Waals surface area contributed by atoms with Crippen LogP contribution in [0.3, 0.4) is 0 Å². The number of fused-ring (bicyclic) bond motifs is 1. The van der Waals surface area contributed by atoms with E-state index >= 15 is 0 Å². The van der Waals surface area contributed by atoms with Gasteiger partial charge in [-0.25, -0.2) is 12.4 Å². The first-order chi connectivity index (χ1) is 20.8. The molecule has 0 N–H and O–H groups in total. The van der Waals surface area contributed by atoms with Crippen molar-refractivity contribution < 1.29 is 17.4 Å². The number of benzene rings is 1. The van der Waals surface area contributed by atoms with Crippen LogP contribution in [0.15, 0.2) is 84.5 Å². The second kappa shape index (κ2) is 25.7. The average Bonchev–Trinajstić information content (AvgIpc) is 3.44. The van der Waals surface area contributed by atoms with Crippen LogP contribution in [-0.4, -0.2) is 50.0 Å². The zero-order chi connectivity index (χ0) is 33.3. The Morgan fingerprint density at radius 2 is 1.60 bits per heavy atom. The first-order valence-electron chi connectivity index (χ1n) is 15.1. The number of carbonyl (C=O) groups excluding carboxylic acids is 1. The van der Waals surface area contributed by atoms with E-state index in [0.29, 0.717) is 5.92 Å². The molecule has 43 heavy (non-hydrogen) atoms. The number of hydrogen-bond acceptors (Lipinski definition) is 6.